The molecule has 2 amide bonds. The van der Waals surface area contributed by atoms with Crippen molar-refractivity contribution in [3.05, 3.63) is 30.2 Å². The van der Waals surface area contributed by atoms with Gasteiger partial charge in [0.05, 0.1) is 0 Å². The van der Waals surface area contributed by atoms with E-state index in [0.29, 0.717) is 24.0 Å². The number of rotatable bonds is 4. The summed E-state index contributed by atoms with van der Waals surface area (Å²) in [6.07, 6.45) is 0.906. The van der Waals surface area contributed by atoms with Gasteiger partial charge in [0.1, 0.15) is 0 Å². The van der Waals surface area contributed by atoms with Gasteiger partial charge in [-0.2, -0.15) is 0 Å². The molecule has 1 aromatic carbocycles. The summed E-state index contributed by atoms with van der Waals surface area (Å²) in [4.78, 5) is 11.5. The molecule has 0 saturated heterocycles. The van der Waals surface area contributed by atoms with E-state index in [9.17, 15) is 4.79 Å². The predicted molar refractivity (Wildman–Crippen MR) is 71.8 cm³/mol. The number of urea groups is 1. The number of nitrogens with zero attached hydrogens (tertiary/aromatic N) is 2. The van der Waals surface area contributed by atoms with Crippen molar-refractivity contribution < 1.29 is 9.21 Å². The SMILES string of the molecule is CCCNC(=O)Nc1ccc(-c2nnc(C)o2)cc1. The zero-order valence-corrected chi connectivity index (χ0v) is 10.9. The molecule has 0 aliphatic carbocycles. The Labute approximate surface area is 111 Å². The molecule has 0 spiro atoms. The maximum atomic E-state index is 11.5. The summed E-state index contributed by atoms with van der Waals surface area (Å²) in [5.41, 5.74) is 1.54. The van der Waals surface area contributed by atoms with Gasteiger partial charge in [-0.25, -0.2) is 4.79 Å². The van der Waals surface area contributed by atoms with Crippen molar-refractivity contribution in [2.75, 3.05) is 11.9 Å². The molecule has 0 atom stereocenters. The average molecular weight is 260 g/mol. The topological polar surface area (TPSA) is 80.0 Å². The van der Waals surface area contributed by atoms with Crippen molar-refractivity contribution in [2.24, 2.45) is 0 Å². The van der Waals surface area contributed by atoms with E-state index in [1.165, 1.54) is 0 Å². The fourth-order valence-corrected chi connectivity index (χ4v) is 1.52. The second kappa shape index (κ2) is 5.99. The van der Waals surface area contributed by atoms with E-state index >= 15 is 0 Å². The van der Waals surface area contributed by atoms with E-state index < -0.39 is 0 Å². The summed E-state index contributed by atoms with van der Waals surface area (Å²) in [7, 11) is 0. The lowest BCUT2D eigenvalue weighted by Gasteiger charge is -2.06. The van der Waals surface area contributed by atoms with Crippen LogP contribution < -0.4 is 10.6 Å². The molecule has 0 saturated carbocycles. The molecule has 0 aliphatic heterocycles. The number of carbonyl (C=O) groups excluding carboxylic acids is 1. The Balaban J connectivity index is 2.00. The Hall–Kier alpha value is -2.37. The minimum atomic E-state index is -0.205. The van der Waals surface area contributed by atoms with Gasteiger partial charge < -0.3 is 15.1 Å². The molecule has 2 N–H and O–H groups in total. The lowest BCUT2D eigenvalue weighted by molar-refractivity contribution is 0.252. The van der Waals surface area contributed by atoms with Gasteiger partial charge in [0, 0.05) is 24.7 Å². The van der Waals surface area contributed by atoms with Crippen LogP contribution in [0.25, 0.3) is 11.5 Å². The molecule has 6 heteroatoms. The average Bonchev–Trinajstić information content (AvgIpc) is 2.84. The van der Waals surface area contributed by atoms with E-state index in [4.69, 9.17) is 4.42 Å². The van der Waals surface area contributed by atoms with Crippen LogP contribution in [0.1, 0.15) is 19.2 Å². The highest BCUT2D eigenvalue weighted by Crippen LogP contribution is 2.19. The Morgan fingerprint density at radius 1 is 1.26 bits per heavy atom. The summed E-state index contributed by atoms with van der Waals surface area (Å²) < 4.78 is 5.32. The summed E-state index contributed by atoms with van der Waals surface area (Å²) in [5, 5.41) is 13.2. The molecular weight excluding hydrogens is 244 g/mol. The first-order chi connectivity index (χ1) is 9.19. The third-order valence-electron chi connectivity index (χ3n) is 2.45. The molecule has 2 rings (SSSR count). The minimum Gasteiger partial charge on any atom is -0.421 e. The van der Waals surface area contributed by atoms with E-state index in [-0.39, 0.29) is 6.03 Å². The smallest absolute Gasteiger partial charge is 0.319 e. The molecule has 6 nitrogen and oxygen atoms in total. The fourth-order valence-electron chi connectivity index (χ4n) is 1.52. The van der Waals surface area contributed by atoms with Gasteiger partial charge in [-0.05, 0) is 30.7 Å². The van der Waals surface area contributed by atoms with E-state index in [2.05, 4.69) is 20.8 Å². The summed E-state index contributed by atoms with van der Waals surface area (Å²) in [6.45, 7) is 4.40. The van der Waals surface area contributed by atoms with Crippen LogP contribution >= 0.6 is 0 Å². The standard InChI is InChI=1S/C13H16N4O2/c1-3-8-14-13(18)15-11-6-4-10(5-7-11)12-17-16-9(2)19-12/h4-7H,3,8H2,1-2H3,(H2,14,15,18). The number of benzene rings is 1. The van der Waals surface area contributed by atoms with Gasteiger partial charge >= 0.3 is 6.03 Å². The van der Waals surface area contributed by atoms with Crippen molar-refractivity contribution in [1.29, 1.82) is 0 Å². The zero-order chi connectivity index (χ0) is 13.7. The fraction of sp³-hybridized carbons (Fsp3) is 0.308. The first-order valence-electron chi connectivity index (χ1n) is 6.14. The Bertz CT molecular complexity index is 548. The van der Waals surface area contributed by atoms with Gasteiger partial charge in [-0.3, -0.25) is 0 Å². The molecule has 1 heterocycles. The Kier molecular flexibility index (Phi) is 4.12. The molecule has 19 heavy (non-hydrogen) atoms. The summed E-state index contributed by atoms with van der Waals surface area (Å²) in [6, 6.07) is 7.02. The number of aryl methyl sites for hydroxylation is 1. The minimum absolute atomic E-state index is 0.205. The van der Waals surface area contributed by atoms with Crippen LogP contribution in [0.15, 0.2) is 28.7 Å². The van der Waals surface area contributed by atoms with Crippen molar-refractivity contribution in [1.82, 2.24) is 15.5 Å². The normalized spacial score (nSPS) is 10.2. The molecule has 0 bridgehead atoms. The molecule has 0 unspecified atom stereocenters. The number of hydrogen-bond acceptors (Lipinski definition) is 4. The summed E-state index contributed by atoms with van der Waals surface area (Å²) >= 11 is 0. The second-order valence-corrected chi connectivity index (χ2v) is 4.08. The van der Waals surface area contributed by atoms with Crippen LogP contribution in [-0.2, 0) is 0 Å². The Morgan fingerprint density at radius 3 is 2.58 bits per heavy atom. The number of nitrogens with one attached hydrogen (secondary N) is 2. The molecule has 100 valence electrons. The van der Waals surface area contributed by atoms with Crippen LogP contribution in [0.3, 0.4) is 0 Å². The van der Waals surface area contributed by atoms with Crippen molar-refractivity contribution in [3.63, 3.8) is 0 Å². The van der Waals surface area contributed by atoms with Gasteiger partial charge in [0.2, 0.25) is 11.8 Å². The summed E-state index contributed by atoms with van der Waals surface area (Å²) in [5.74, 6) is 0.996. The van der Waals surface area contributed by atoms with Crippen LogP contribution in [-0.4, -0.2) is 22.8 Å². The largest absolute Gasteiger partial charge is 0.421 e. The third-order valence-corrected chi connectivity index (χ3v) is 2.45. The molecule has 0 fully saturated rings. The number of hydrogen-bond donors (Lipinski definition) is 2. The lowest BCUT2D eigenvalue weighted by atomic mass is 10.2. The van der Waals surface area contributed by atoms with Crippen LogP contribution in [0.5, 0.6) is 0 Å². The number of amides is 2. The zero-order valence-electron chi connectivity index (χ0n) is 10.9. The lowest BCUT2D eigenvalue weighted by Crippen LogP contribution is -2.29. The van der Waals surface area contributed by atoms with Gasteiger partial charge in [-0.1, -0.05) is 6.92 Å². The first-order valence-corrected chi connectivity index (χ1v) is 6.14. The van der Waals surface area contributed by atoms with Gasteiger partial charge in [0.15, 0.2) is 0 Å². The van der Waals surface area contributed by atoms with E-state index in [0.717, 1.165) is 12.0 Å². The number of anilines is 1. The quantitative estimate of drug-likeness (QED) is 0.885. The first kappa shape index (κ1) is 13.1. The van der Waals surface area contributed by atoms with Crippen molar-refractivity contribution in [3.8, 4) is 11.5 Å². The highest BCUT2D eigenvalue weighted by molar-refractivity contribution is 5.89. The number of aromatic nitrogens is 2. The molecule has 0 aliphatic rings. The predicted octanol–water partition coefficient (Wildman–Crippen LogP) is 2.58. The number of carbonyl (C=O) groups is 1. The van der Waals surface area contributed by atoms with Gasteiger partial charge in [-0.15, -0.1) is 10.2 Å². The van der Waals surface area contributed by atoms with E-state index in [1.54, 1.807) is 19.1 Å². The second-order valence-electron chi connectivity index (χ2n) is 4.08. The van der Waals surface area contributed by atoms with Crippen LogP contribution in [0.2, 0.25) is 0 Å². The van der Waals surface area contributed by atoms with Crippen molar-refractivity contribution >= 4 is 11.7 Å². The highest BCUT2D eigenvalue weighted by atomic mass is 16.4. The van der Waals surface area contributed by atoms with Crippen LogP contribution in [0.4, 0.5) is 10.5 Å². The molecular formula is C13H16N4O2. The van der Waals surface area contributed by atoms with E-state index in [1.807, 2.05) is 19.1 Å². The van der Waals surface area contributed by atoms with Crippen molar-refractivity contribution in [2.45, 2.75) is 20.3 Å². The maximum absolute atomic E-state index is 11.5. The van der Waals surface area contributed by atoms with Crippen LogP contribution in [0, 0.1) is 6.92 Å². The third kappa shape index (κ3) is 3.54. The highest BCUT2D eigenvalue weighted by Gasteiger charge is 2.06. The monoisotopic (exact) mass is 260 g/mol. The Morgan fingerprint density at radius 2 is 2.00 bits per heavy atom. The van der Waals surface area contributed by atoms with Gasteiger partial charge in [0.25, 0.3) is 0 Å². The molecule has 0 radical (unpaired) electrons. The molecule has 1 aromatic heterocycles. The maximum Gasteiger partial charge on any atom is 0.319 e. The molecule has 2 aromatic rings.